The zero-order valence-electron chi connectivity index (χ0n) is 9.94. The van der Waals surface area contributed by atoms with Crippen molar-refractivity contribution >= 4 is 0 Å². The second-order valence-electron chi connectivity index (χ2n) is 3.52. The molecule has 1 rings (SSSR count). The fourth-order valence-electron chi connectivity index (χ4n) is 1.45. The van der Waals surface area contributed by atoms with E-state index in [0.717, 1.165) is 25.1 Å². The highest BCUT2D eigenvalue weighted by Gasteiger charge is 2.11. The molecule has 0 amide bonds. The predicted molar refractivity (Wildman–Crippen MR) is 64.4 cm³/mol. The number of hydrogen-bond acceptors (Lipinski definition) is 4. The van der Waals surface area contributed by atoms with Gasteiger partial charge in [0.2, 0.25) is 5.88 Å². The monoisotopic (exact) mass is 221 g/mol. The Labute approximate surface area is 96.8 Å². The van der Waals surface area contributed by atoms with E-state index in [1.54, 1.807) is 7.11 Å². The molecule has 4 heteroatoms. The quantitative estimate of drug-likeness (QED) is 0.716. The Hall–Kier alpha value is -1.42. The summed E-state index contributed by atoms with van der Waals surface area (Å²) in [7, 11) is 1.61. The first-order valence-corrected chi connectivity index (χ1v) is 5.52. The van der Waals surface area contributed by atoms with Crippen molar-refractivity contribution in [1.29, 1.82) is 0 Å². The summed E-state index contributed by atoms with van der Waals surface area (Å²) in [6.45, 7) is 6.86. The number of methoxy groups -OCH3 is 1. The Morgan fingerprint density at radius 2 is 2.38 bits per heavy atom. The highest BCUT2D eigenvalue weighted by molar-refractivity contribution is 5.17. The van der Waals surface area contributed by atoms with E-state index in [1.807, 2.05) is 12.1 Å². The predicted octanol–water partition coefficient (Wildman–Crippen LogP) is 2.10. The molecule has 0 spiro atoms. The summed E-state index contributed by atoms with van der Waals surface area (Å²) in [6, 6.07) is 2.05. The fraction of sp³-hybridized carbons (Fsp3) is 0.500. The molecule has 1 unspecified atom stereocenters. The van der Waals surface area contributed by atoms with Crippen LogP contribution in [0, 0.1) is 0 Å². The maximum Gasteiger partial charge on any atom is 0.216 e. The lowest BCUT2D eigenvalue weighted by atomic mass is 10.1. The average molecular weight is 221 g/mol. The van der Waals surface area contributed by atoms with Gasteiger partial charge in [0, 0.05) is 6.07 Å². The summed E-state index contributed by atoms with van der Waals surface area (Å²) in [5.74, 6) is 0.595. The van der Waals surface area contributed by atoms with Crippen LogP contribution < -0.4 is 10.1 Å². The summed E-state index contributed by atoms with van der Waals surface area (Å²) in [5.41, 5.74) is 0.945. The molecule has 0 radical (unpaired) electrons. The molecule has 1 aromatic heterocycles. The van der Waals surface area contributed by atoms with Crippen LogP contribution in [0.15, 0.2) is 25.0 Å². The molecule has 0 fully saturated rings. The maximum atomic E-state index is 5.08. The molecule has 16 heavy (non-hydrogen) atoms. The van der Waals surface area contributed by atoms with Gasteiger partial charge < -0.3 is 10.1 Å². The Balaban J connectivity index is 2.77. The lowest BCUT2D eigenvalue weighted by Gasteiger charge is -2.16. The first-order chi connectivity index (χ1) is 7.81. The minimum absolute atomic E-state index is 0.189. The lowest BCUT2D eigenvalue weighted by molar-refractivity contribution is 0.393. The van der Waals surface area contributed by atoms with Crippen LogP contribution in [-0.4, -0.2) is 23.6 Å². The van der Waals surface area contributed by atoms with Gasteiger partial charge in [-0.1, -0.05) is 13.0 Å². The van der Waals surface area contributed by atoms with Crippen molar-refractivity contribution in [3.8, 4) is 5.88 Å². The van der Waals surface area contributed by atoms with Crippen molar-refractivity contribution in [3.05, 3.63) is 30.7 Å². The van der Waals surface area contributed by atoms with Gasteiger partial charge in [0.25, 0.3) is 0 Å². The second-order valence-corrected chi connectivity index (χ2v) is 3.52. The van der Waals surface area contributed by atoms with Crippen LogP contribution in [0.5, 0.6) is 5.88 Å². The van der Waals surface area contributed by atoms with Crippen LogP contribution in [-0.2, 0) is 0 Å². The second kappa shape index (κ2) is 6.95. The maximum absolute atomic E-state index is 5.08. The van der Waals surface area contributed by atoms with Gasteiger partial charge in [0.1, 0.15) is 6.33 Å². The van der Waals surface area contributed by atoms with E-state index < -0.39 is 0 Å². The highest BCUT2D eigenvalue weighted by Crippen LogP contribution is 2.17. The number of hydrogen-bond donors (Lipinski definition) is 1. The molecule has 0 bridgehead atoms. The molecule has 1 heterocycles. The molecule has 1 aromatic rings. The first kappa shape index (κ1) is 12.6. The molecule has 1 N–H and O–H groups in total. The summed E-state index contributed by atoms with van der Waals surface area (Å²) < 4.78 is 5.08. The molecule has 88 valence electrons. The topological polar surface area (TPSA) is 47.0 Å². The van der Waals surface area contributed by atoms with Crippen molar-refractivity contribution < 1.29 is 4.74 Å². The van der Waals surface area contributed by atoms with Gasteiger partial charge >= 0.3 is 0 Å². The van der Waals surface area contributed by atoms with Crippen LogP contribution in [0.1, 0.15) is 31.5 Å². The highest BCUT2D eigenvalue weighted by atomic mass is 16.5. The number of nitrogens with one attached hydrogen (secondary N) is 1. The SMILES string of the molecule is C=CCC(NCCC)c1cc(OC)ncn1. The first-order valence-electron chi connectivity index (χ1n) is 5.52. The van der Waals surface area contributed by atoms with E-state index >= 15 is 0 Å². The zero-order valence-corrected chi connectivity index (χ0v) is 9.94. The minimum atomic E-state index is 0.189. The summed E-state index contributed by atoms with van der Waals surface area (Å²) >= 11 is 0. The van der Waals surface area contributed by atoms with Gasteiger partial charge in [-0.15, -0.1) is 6.58 Å². The average Bonchev–Trinajstić information content (AvgIpc) is 2.34. The molecule has 0 aromatic carbocycles. The summed E-state index contributed by atoms with van der Waals surface area (Å²) in [5, 5.41) is 3.42. The number of rotatable bonds is 7. The van der Waals surface area contributed by atoms with Crippen LogP contribution in [0.2, 0.25) is 0 Å². The summed E-state index contributed by atoms with van der Waals surface area (Å²) in [4.78, 5) is 8.25. The number of ether oxygens (including phenoxy) is 1. The Morgan fingerprint density at radius 1 is 1.56 bits per heavy atom. The van der Waals surface area contributed by atoms with Crippen molar-refractivity contribution in [1.82, 2.24) is 15.3 Å². The molecule has 0 saturated heterocycles. The third-order valence-corrected chi connectivity index (χ3v) is 2.27. The molecule has 1 atom stereocenters. The largest absolute Gasteiger partial charge is 0.481 e. The third kappa shape index (κ3) is 3.62. The van der Waals surface area contributed by atoms with Gasteiger partial charge in [-0.3, -0.25) is 0 Å². The molecular weight excluding hydrogens is 202 g/mol. The van der Waals surface area contributed by atoms with E-state index in [-0.39, 0.29) is 6.04 Å². The smallest absolute Gasteiger partial charge is 0.216 e. The van der Waals surface area contributed by atoms with Crippen molar-refractivity contribution in [2.24, 2.45) is 0 Å². The molecule has 0 saturated carbocycles. The fourth-order valence-corrected chi connectivity index (χ4v) is 1.45. The molecule has 0 aliphatic rings. The number of nitrogens with zero attached hydrogens (tertiary/aromatic N) is 2. The van der Waals surface area contributed by atoms with Crippen LogP contribution in [0.25, 0.3) is 0 Å². The molecule has 0 aliphatic carbocycles. The van der Waals surface area contributed by atoms with Crippen LogP contribution >= 0.6 is 0 Å². The Bertz CT molecular complexity index is 328. The molecule has 0 aliphatic heterocycles. The van der Waals surface area contributed by atoms with E-state index in [1.165, 1.54) is 6.33 Å². The Kier molecular flexibility index (Phi) is 5.50. The Morgan fingerprint density at radius 3 is 3.00 bits per heavy atom. The lowest BCUT2D eigenvalue weighted by Crippen LogP contribution is -2.22. The van der Waals surface area contributed by atoms with Gasteiger partial charge in [-0.05, 0) is 19.4 Å². The van der Waals surface area contributed by atoms with E-state index in [0.29, 0.717) is 5.88 Å². The van der Waals surface area contributed by atoms with Gasteiger partial charge in [-0.25, -0.2) is 9.97 Å². The van der Waals surface area contributed by atoms with E-state index in [2.05, 4.69) is 28.8 Å². The van der Waals surface area contributed by atoms with Crippen molar-refractivity contribution in [2.75, 3.05) is 13.7 Å². The zero-order chi connectivity index (χ0) is 11.8. The van der Waals surface area contributed by atoms with Crippen LogP contribution in [0.3, 0.4) is 0 Å². The standard InChI is InChI=1S/C12H19N3O/c1-4-6-10(13-7-5-2)11-8-12(16-3)15-9-14-11/h4,8-10,13H,1,5-7H2,2-3H3. The van der Waals surface area contributed by atoms with Gasteiger partial charge in [-0.2, -0.15) is 0 Å². The van der Waals surface area contributed by atoms with Crippen molar-refractivity contribution in [3.63, 3.8) is 0 Å². The van der Waals surface area contributed by atoms with Gasteiger partial charge in [0.15, 0.2) is 0 Å². The molecular formula is C12H19N3O. The molecule has 4 nitrogen and oxygen atoms in total. The van der Waals surface area contributed by atoms with E-state index in [4.69, 9.17) is 4.74 Å². The minimum Gasteiger partial charge on any atom is -0.481 e. The van der Waals surface area contributed by atoms with Gasteiger partial charge in [0.05, 0.1) is 18.8 Å². The normalized spacial score (nSPS) is 12.1. The summed E-state index contributed by atoms with van der Waals surface area (Å²) in [6.07, 6.45) is 5.36. The van der Waals surface area contributed by atoms with Crippen molar-refractivity contribution in [2.45, 2.75) is 25.8 Å². The third-order valence-electron chi connectivity index (χ3n) is 2.27. The van der Waals surface area contributed by atoms with Crippen LogP contribution in [0.4, 0.5) is 0 Å². The van der Waals surface area contributed by atoms with E-state index in [9.17, 15) is 0 Å². The number of aromatic nitrogens is 2.